The zero-order valence-corrected chi connectivity index (χ0v) is 14.6. The van der Waals surface area contributed by atoms with Crippen LogP contribution in [0.25, 0.3) is 0 Å². The van der Waals surface area contributed by atoms with Crippen molar-refractivity contribution in [3.63, 3.8) is 0 Å². The minimum atomic E-state index is -4.76. The molecular weight excluding hydrogens is 367 g/mol. The first-order valence-corrected chi connectivity index (χ1v) is 8.83. The number of halogens is 3. The largest absolute Gasteiger partial charge is 0.394 e. The van der Waals surface area contributed by atoms with Crippen LogP contribution < -0.4 is 5.32 Å². The van der Waals surface area contributed by atoms with Crippen LogP contribution in [0.15, 0.2) is 4.52 Å². The van der Waals surface area contributed by atoms with Crippen LogP contribution in [0.2, 0.25) is 0 Å². The molecule has 0 spiro atoms. The van der Waals surface area contributed by atoms with E-state index in [-0.39, 0.29) is 6.01 Å². The molecule has 2 atom stereocenters. The third-order valence-corrected chi connectivity index (χ3v) is 6.12. The van der Waals surface area contributed by atoms with Gasteiger partial charge in [0.25, 0.3) is 0 Å². The zero-order valence-electron chi connectivity index (χ0n) is 13.7. The Hall–Kier alpha value is -1.89. The highest BCUT2D eigenvalue weighted by molar-refractivity contribution is 7.89. The second-order valence-corrected chi connectivity index (χ2v) is 8.08. The number of hydrogen-bond acceptors (Lipinski definition) is 6. The third kappa shape index (κ3) is 4.03. The van der Waals surface area contributed by atoms with Gasteiger partial charge in [-0.05, 0) is 0 Å². The van der Waals surface area contributed by atoms with E-state index in [0.29, 0.717) is 12.2 Å². The van der Waals surface area contributed by atoms with Gasteiger partial charge < -0.3 is 9.42 Å². The standard InChI is InChI=1S/C12H18F3N5O4S/c1-4-9-16-10(24-18-9)17-11(21)20-5-7(12(13,14)15)8(6-20)25(22,23)19(2)3/h7-8H,4-6H2,1-3H3,(H,16,17,18,21)/t7-,8-/m1/s1. The number of likely N-dealkylation sites (tertiary alicyclic amines) is 1. The van der Waals surface area contributed by atoms with E-state index in [1.54, 1.807) is 6.92 Å². The summed E-state index contributed by atoms with van der Waals surface area (Å²) in [6, 6.07) is -1.19. The number of nitrogens with zero attached hydrogens (tertiary/aromatic N) is 4. The first-order valence-electron chi connectivity index (χ1n) is 7.33. The molecule has 25 heavy (non-hydrogen) atoms. The topological polar surface area (TPSA) is 109 Å². The predicted molar refractivity (Wildman–Crippen MR) is 80.2 cm³/mol. The number of carbonyl (C=O) groups excluding carboxylic acids is 1. The Morgan fingerprint density at radius 1 is 1.40 bits per heavy atom. The van der Waals surface area contributed by atoms with Crippen molar-refractivity contribution < 1.29 is 30.9 Å². The van der Waals surface area contributed by atoms with E-state index in [4.69, 9.17) is 4.52 Å². The first kappa shape index (κ1) is 19.4. The average Bonchev–Trinajstić information content (AvgIpc) is 3.13. The Balaban J connectivity index is 2.19. The second-order valence-electron chi connectivity index (χ2n) is 5.72. The number of aromatic nitrogens is 2. The number of sulfonamides is 1. The van der Waals surface area contributed by atoms with Gasteiger partial charge in [0.2, 0.25) is 10.0 Å². The molecule has 2 rings (SSSR count). The number of anilines is 1. The molecule has 2 heterocycles. The maximum Gasteiger partial charge on any atom is 0.394 e. The van der Waals surface area contributed by atoms with Crippen molar-refractivity contribution in [3.05, 3.63) is 5.82 Å². The molecule has 0 saturated carbocycles. The molecule has 1 aromatic rings. The van der Waals surface area contributed by atoms with Crippen LogP contribution in [-0.2, 0) is 16.4 Å². The number of nitrogens with one attached hydrogen (secondary N) is 1. The van der Waals surface area contributed by atoms with Crippen molar-refractivity contribution in [1.29, 1.82) is 0 Å². The second kappa shape index (κ2) is 6.78. The van der Waals surface area contributed by atoms with Gasteiger partial charge in [-0.25, -0.2) is 17.5 Å². The van der Waals surface area contributed by atoms with Crippen molar-refractivity contribution in [3.8, 4) is 0 Å². The summed E-state index contributed by atoms with van der Waals surface area (Å²) in [6.07, 6.45) is -4.31. The molecule has 2 amide bonds. The van der Waals surface area contributed by atoms with E-state index in [0.717, 1.165) is 23.3 Å². The average molecular weight is 385 g/mol. The van der Waals surface area contributed by atoms with Crippen molar-refractivity contribution in [2.45, 2.75) is 24.8 Å². The van der Waals surface area contributed by atoms with E-state index in [1.807, 2.05) is 0 Å². The molecule has 1 saturated heterocycles. The molecule has 0 aliphatic carbocycles. The van der Waals surface area contributed by atoms with Crippen LogP contribution in [0.3, 0.4) is 0 Å². The SMILES string of the molecule is CCc1noc(NC(=O)N2C[C@@H](C(F)(F)F)[C@H](S(=O)(=O)N(C)C)C2)n1. The summed E-state index contributed by atoms with van der Waals surface area (Å²) in [5.74, 6) is -1.86. The fourth-order valence-electron chi connectivity index (χ4n) is 2.45. The number of hydrogen-bond donors (Lipinski definition) is 1. The molecule has 0 bridgehead atoms. The fourth-order valence-corrected chi connectivity index (χ4v) is 4.01. The summed E-state index contributed by atoms with van der Waals surface area (Å²) >= 11 is 0. The Labute approximate surface area is 142 Å². The number of alkyl halides is 3. The molecule has 0 unspecified atom stereocenters. The molecular formula is C12H18F3N5O4S. The summed E-state index contributed by atoms with van der Waals surface area (Å²) in [4.78, 5) is 16.7. The first-order chi connectivity index (χ1) is 11.5. The van der Waals surface area contributed by atoms with Crippen LogP contribution in [-0.4, -0.2) is 72.4 Å². The zero-order chi connectivity index (χ0) is 19.0. The normalized spacial score (nSPS) is 21.8. The van der Waals surface area contributed by atoms with Crippen LogP contribution in [0.5, 0.6) is 0 Å². The number of amides is 2. The smallest absolute Gasteiger partial charge is 0.322 e. The molecule has 1 aliphatic rings. The Bertz CT molecular complexity index is 733. The van der Waals surface area contributed by atoms with Gasteiger partial charge in [-0.1, -0.05) is 12.1 Å². The lowest BCUT2D eigenvalue weighted by molar-refractivity contribution is -0.169. The van der Waals surface area contributed by atoms with E-state index in [2.05, 4.69) is 15.5 Å². The van der Waals surface area contributed by atoms with Crippen molar-refractivity contribution in [2.75, 3.05) is 32.5 Å². The molecule has 13 heteroatoms. The van der Waals surface area contributed by atoms with Crippen LogP contribution >= 0.6 is 0 Å². The maximum atomic E-state index is 13.2. The maximum absolute atomic E-state index is 13.2. The summed E-state index contributed by atoms with van der Waals surface area (Å²) in [7, 11) is -1.91. The van der Waals surface area contributed by atoms with Gasteiger partial charge >= 0.3 is 18.2 Å². The van der Waals surface area contributed by atoms with Gasteiger partial charge in [-0.2, -0.15) is 18.2 Å². The number of aryl methyl sites for hydroxylation is 1. The molecule has 142 valence electrons. The summed E-state index contributed by atoms with van der Waals surface area (Å²) in [5, 5.41) is 3.95. The Kier molecular flexibility index (Phi) is 5.27. The molecule has 1 N–H and O–H groups in total. The lowest BCUT2D eigenvalue weighted by atomic mass is 10.1. The molecule has 0 radical (unpaired) electrons. The number of rotatable bonds is 4. The fraction of sp³-hybridized carbons (Fsp3) is 0.750. The van der Waals surface area contributed by atoms with Gasteiger partial charge in [-0.15, -0.1) is 0 Å². The van der Waals surface area contributed by atoms with Gasteiger partial charge in [0.15, 0.2) is 5.82 Å². The Morgan fingerprint density at radius 2 is 2.04 bits per heavy atom. The molecule has 1 aromatic heterocycles. The molecule has 9 nitrogen and oxygen atoms in total. The van der Waals surface area contributed by atoms with Crippen LogP contribution in [0.1, 0.15) is 12.7 Å². The van der Waals surface area contributed by atoms with E-state index < -0.39 is 46.5 Å². The van der Waals surface area contributed by atoms with Crippen LogP contribution in [0.4, 0.5) is 24.0 Å². The minimum Gasteiger partial charge on any atom is -0.322 e. The number of carbonyl (C=O) groups is 1. The number of urea groups is 1. The van der Waals surface area contributed by atoms with Crippen molar-refractivity contribution in [2.24, 2.45) is 5.92 Å². The highest BCUT2D eigenvalue weighted by Gasteiger charge is 2.56. The van der Waals surface area contributed by atoms with E-state index >= 15 is 0 Å². The van der Waals surface area contributed by atoms with Crippen molar-refractivity contribution >= 4 is 22.1 Å². The summed E-state index contributed by atoms with van der Waals surface area (Å²) < 4.78 is 69.5. The summed E-state index contributed by atoms with van der Waals surface area (Å²) in [6.45, 7) is 0.384. The highest BCUT2D eigenvalue weighted by Crippen LogP contribution is 2.37. The quantitative estimate of drug-likeness (QED) is 0.826. The monoisotopic (exact) mass is 385 g/mol. The van der Waals surface area contributed by atoms with Gasteiger partial charge in [0.1, 0.15) is 5.25 Å². The van der Waals surface area contributed by atoms with Gasteiger partial charge in [0.05, 0.1) is 5.92 Å². The summed E-state index contributed by atoms with van der Waals surface area (Å²) in [5.41, 5.74) is 0. The van der Waals surface area contributed by atoms with Gasteiger partial charge in [-0.3, -0.25) is 5.32 Å². The minimum absolute atomic E-state index is 0.260. The molecule has 0 aromatic carbocycles. The third-order valence-electron chi connectivity index (χ3n) is 3.86. The lowest BCUT2D eigenvalue weighted by Crippen LogP contribution is -2.43. The Morgan fingerprint density at radius 3 is 2.52 bits per heavy atom. The highest BCUT2D eigenvalue weighted by atomic mass is 32.2. The van der Waals surface area contributed by atoms with E-state index in [1.165, 1.54) is 0 Å². The van der Waals surface area contributed by atoms with E-state index in [9.17, 15) is 26.4 Å². The molecule has 1 aliphatic heterocycles. The van der Waals surface area contributed by atoms with Crippen molar-refractivity contribution in [1.82, 2.24) is 19.3 Å². The molecule has 1 fully saturated rings. The lowest BCUT2D eigenvalue weighted by Gasteiger charge is -2.23. The predicted octanol–water partition coefficient (Wildman–Crippen LogP) is 0.918. The van der Waals surface area contributed by atoms with Crippen LogP contribution in [0, 0.1) is 5.92 Å². The van der Waals surface area contributed by atoms with Gasteiger partial charge in [0, 0.05) is 33.6 Å².